The molecule has 3 rings (SSSR count). The van der Waals surface area contributed by atoms with Gasteiger partial charge in [-0.05, 0) is 75.2 Å². The minimum atomic E-state index is 0.412. The summed E-state index contributed by atoms with van der Waals surface area (Å²) in [4.78, 5) is 2.79. The molecule has 3 heteroatoms. The highest BCUT2D eigenvalue weighted by atomic mass is 16.5. The van der Waals surface area contributed by atoms with Crippen LogP contribution in [0.25, 0.3) is 0 Å². The first kappa shape index (κ1) is 16.8. The predicted molar refractivity (Wildman–Crippen MR) is 95.9 cm³/mol. The zero-order valence-electron chi connectivity index (χ0n) is 14.8. The normalized spacial score (nSPS) is 28.9. The van der Waals surface area contributed by atoms with Crippen LogP contribution >= 0.6 is 0 Å². The Balaban J connectivity index is 1.57. The summed E-state index contributed by atoms with van der Waals surface area (Å²) in [7, 11) is 1.72. The number of nitrogens with zero attached hydrogens (tertiary/aromatic N) is 1. The molecule has 0 bridgehead atoms. The number of rotatable bonds is 6. The average Bonchev–Trinajstić information content (AvgIpc) is 3.13. The number of ether oxygens (including phenoxy) is 1. The molecule has 0 unspecified atom stereocenters. The number of likely N-dealkylation sites (tertiary alicyclic amines) is 1. The van der Waals surface area contributed by atoms with Gasteiger partial charge < -0.3 is 10.1 Å². The minimum Gasteiger partial charge on any atom is -0.497 e. The fraction of sp³-hybridized carbons (Fsp3) is 0.700. The third-order valence-electron chi connectivity index (χ3n) is 5.92. The average molecular weight is 316 g/mol. The highest BCUT2D eigenvalue weighted by molar-refractivity contribution is 5.27. The van der Waals surface area contributed by atoms with Gasteiger partial charge in [-0.1, -0.05) is 19.1 Å². The van der Waals surface area contributed by atoms with E-state index in [4.69, 9.17) is 4.74 Å². The van der Waals surface area contributed by atoms with E-state index in [0.29, 0.717) is 5.54 Å². The van der Waals surface area contributed by atoms with Crippen molar-refractivity contribution in [3.63, 3.8) is 0 Å². The highest BCUT2D eigenvalue weighted by Crippen LogP contribution is 2.37. The SMILES string of the molecule is COc1ccc(CNCC2(N3CCCC3)CCC(C)CC2)cc1. The lowest BCUT2D eigenvalue weighted by Gasteiger charge is -2.46. The molecule has 0 amide bonds. The Labute approximate surface area is 141 Å². The fourth-order valence-electron chi connectivity index (χ4n) is 4.28. The third-order valence-corrected chi connectivity index (χ3v) is 5.92. The number of methoxy groups -OCH3 is 1. The smallest absolute Gasteiger partial charge is 0.118 e. The molecular formula is C20H32N2O. The minimum absolute atomic E-state index is 0.412. The summed E-state index contributed by atoms with van der Waals surface area (Å²) in [6.07, 6.45) is 8.28. The molecular weight excluding hydrogens is 284 g/mol. The second kappa shape index (κ2) is 7.67. The van der Waals surface area contributed by atoms with Crippen molar-refractivity contribution < 1.29 is 4.74 Å². The van der Waals surface area contributed by atoms with Gasteiger partial charge >= 0.3 is 0 Å². The van der Waals surface area contributed by atoms with E-state index in [1.54, 1.807) is 7.11 Å². The summed E-state index contributed by atoms with van der Waals surface area (Å²) in [6, 6.07) is 8.43. The van der Waals surface area contributed by atoms with Crippen LogP contribution in [0.1, 0.15) is 51.0 Å². The molecule has 1 aromatic rings. The van der Waals surface area contributed by atoms with Crippen LogP contribution in [0.2, 0.25) is 0 Å². The number of hydrogen-bond donors (Lipinski definition) is 1. The van der Waals surface area contributed by atoms with E-state index in [0.717, 1.165) is 24.8 Å². The van der Waals surface area contributed by atoms with E-state index < -0.39 is 0 Å². The maximum Gasteiger partial charge on any atom is 0.118 e. The third kappa shape index (κ3) is 4.07. The molecule has 2 aliphatic rings. The molecule has 0 aromatic heterocycles. The summed E-state index contributed by atoms with van der Waals surface area (Å²) >= 11 is 0. The van der Waals surface area contributed by atoms with E-state index in [9.17, 15) is 0 Å². The Morgan fingerprint density at radius 3 is 2.39 bits per heavy atom. The van der Waals surface area contributed by atoms with Crippen molar-refractivity contribution in [2.45, 2.75) is 57.5 Å². The molecule has 1 saturated heterocycles. The first-order valence-electron chi connectivity index (χ1n) is 9.30. The Morgan fingerprint density at radius 1 is 1.13 bits per heavy atom. The van der Waals surface area contributed by atoms with Crippen LogP contribution < -0.4 is 10.1 Å². The maximum atomic E-state index is 5.24. The van der Waals surface area contributed by atoms with Gasteiger partial charge in [0, 0.05) is 18.6 Å². The predicted octanol–water partition coefficient (Wildman–Crippen LogP) is 3.83. The standard InChI is InChI=1S/C20H32N2O/c1-17-9-11-20(12-10-17,22-13-3-4-14-22)16-21-15-18-5-7-19(23-2)8-6-18/h5-8,17,21H,3-4,9-16H2,1-2H3. The van der Waals surface area contributed by atoms with Crippen molar-refractivity contribution in [2.24, 2.45) is 5.92 Å². The van der Waals surface area contributed by atoms with Crippen LogP contribution in [0.15, 0.2) is 24.3 Å². The molecule has 2 fully saturated rings. The largest absolute Gasteiger partial charge is 0.497 e. The van der Waals surface area contributed by atoms with Crippen molar-refractivity contribution >= 4 is 0 Å². The van der Waals surface area contributed by atoms with Gasteiger partial charge in [-0.25, -0.2) is 0 Å². The highest BCUT2D eigenvalue weighted by Gasteiger charge is 2.40. The second-order valence-corrected chi connectivity index (χ2v) is 7.55. The molecule has 0 spiro atoms. The summed E-state index contributed by atoms with van der Waals surface area (Å²) < 4.78 is 5.24. The summed E-state index contributed by atoms with van der Waals surface area (Å²) in [6.45, 7) is 7.11. The molecule has 1 aliphatic heterocycles. The molecule has 1 aromatic carbocycles. The number of nitrogens with one attached hydrogen (secondary N) is 1. The lowest BCUT2D eigenvalue weighted by Crippen LogP contribution is -2.55. The van der Waals surface area contributed by atoms with Crippen LogP contribution in [0, 0.1) is 5.92 Å². The summed E-state index contributed by atoms with van der Waals surface area (Å²) in [5.74, 6) is 1.84. The summed E-state index contributed by atoms with van der Waals surface area (Å²) in [5.41, 5.74) is 1.75. The van der Waals surface area contributed by atoms with Gasteiger partial charge in [0.25, 0.3) is 0 Å². The topological polar surface area (TPSA) is 24.5 Å². The van der Waals surface area contributed by atoms with Gasteiger partial charge in [0.05, 0.1) is 7.11 Å². The lowest BCUT2D eigenvalue weighted by molar-refractivity contribution is 0.0578. The van der Waals surface area contributed by atoms with E-state index >= 15 is 0 Å². The van der Waals surface area contributed by atoms with E-state index in [1.165, 1.54) is 57.2 Å². The van der Waals surface area contributed by atoms with E-state index in [1.807, 2.05) is 0 Å². The first-order valence-corrected chi connectivity index (χ1v) is 9.30. The van der Waals surface area contributed by atoms with Gasteiger partial charge in [0.2, 0.25) is 0 Å². The zero-order chi connectivity index (χ0) is 16.1. The zero-order valence-corrected chi connectivity index (χ0v) is 14.8. The maximum absolute atomic E-state index is 5.24. The number of benzene rings is 1. The first-order chi connectivity index (χ1) is 11.2. The Morgan fingerprint density at radius 2 is 1.78 bits per heavy atom. The van der Waals surface area contributed by atoms with Gasteiger partial charge in [-0.15, -0.1) is 0 Å². The van der Waals surface area contributed by atoms with E-state index in [2.05, 4.69) is 41.4 Å². The van der Waals surface area contributed by atoms with Crippen molar-refractivity contribution in [2.75, 3.05) is 26.7 Å². The van der Waals surface area contributed by atoms with Crippen molar-refractivity contribution in [1.29, 1.82) is 0 Å². The van der Waals surface area contributed by atoms with Crippen LogP contribution in [0.5, 0.6) is 5.75 Å². The molecule has 1 saturated carbocycles. The van der Waals surface area contributed by atoms with Crippen LogP contribution in [0.4, 0.5) is 0 Å². The van der Waals surface area contributed by atoms with Gasteiger partial charge in [-0.2, -0.15) is 0 Å². The molecule has 1 N–H and O–H groups in total. The molecule has 1 aliphatic carbocycles. The second-order valence-electron chi connectivity index (χ2n) is 7.55. The monoisotopic (exact) mass is 316 g/mol. The Kier molecular flexibility index (Phi) is 5.60. The molecule has 1 heterocycles. The Hall–Kier alpha value is -1.06. The van der Waals surface area contributed by atoms with Gasteiger partial charge in [0.1, 0.15) is 5.75 Å². The lowest BCUT2D eigenvalue weighted by atomic mass is 9.76. The molecule has 0 radical (unpaired) electrons. The van der Waals surface area contributed by atoms with Crippen LogP contribution in [-0.2, 0) is 6.54 Å². The quantitative estimate of drug-likeness (QED) is 0.863. The Bertz CT molecular complexity index is 471. The van der Waals surface area contributed by atoms with E-state index in [-0.39, 0.29) is 0 Å². The van der Waals surface area contributed by atoms with Gasteiger partial charge in [-0.3, -0.25) is 4.90 Å². The van der Waals surface area contributed by atoms with Crippen LogP contribution in [-0.4, -0.2) is 37.2 Å². The molecule has 3 nitrogen and oxygen atoms in total. The van der Waals surface area contributed by atoms with Crippen molar-refractivity contribution in [3.05, 3.63) is 29.8 Å². The van der Waals surface area contributed by atoms with Crippen LogP contribution in [0.3, 0.4) is 0 Å². The molecule has 128 valence electrons. The fourth-order valence-corrected chi connectivity index (χ4v) is 4.28. The molecule has 0 atom stereocenters. The molecule has 23 heavy (non-hydrogen) atoms. The van der Waals surface area contributed by atoms with Crippen molar-refractivity contribution in [1.82, 2.24) is 10.2 Å². The summed E-state index contributed by atoms with van der Waals surface area (Å²) in [5, 5.41) is 3.76. The van der Waals surface area contributed by atoms with Gasteiger partial charge in [0.15, 0.2) is 0 Å². The number of hydrogen-bond acceptors (Lipinski definition) is 3. The van der Waals surface area contributed by atoms with Crippen molar-refractivity contribution in [3.8, 4) is 5.75 Å².